The Bertz CT molecular complexity index is 433. The van der Waals surface area contributed by atoms with Gasteiger partial charge < -0.3 is 15.2 Å². The van der Waals surface area contributed by atoms with Gasteiger partial charge in [0.1, 0.15) is 17.2 Å². The van der Waals surface area contributed by atoms with Crippen LogP contribution in [-0.4, -0.2) is 35.8 Å². The molecule has 18 heavy (non-hydrogen) atoms. The van der Waals surface area contributed by atoms with Crippen molar-refractivity contribution in [1.82, 2.24) is 9.97 Å². The van der Waals surface area contributed by atoms with Crippen molar-refractivity contribution < 1.29 is 14.3 Å². The van der Waals surface area contributed by atoms with Crippen LogP contribution in [0.2, 0.25) is 0 Å². The van der Waals surface area contributed by atoms with Gasteiger partial charge in [0.25, 0.3) is 0 Å². The van der Waals surface area contributed by atoms with E-state index < -0.39 is 5.97 Å². The van der Waals surface area contributed by atoms with Gasteiger partial charge in [-0.3, -0.25) is 0 Å². The first-order chi connectivity index (χ1) is 8.61. The Morgan fingerprint density at radius 3 is 2.89 bits per heavy atom. The van der Waals surface area contributed by atoms with E-state index in [1.54, 1.807) is 6.92 Å². The molecular weight excluding hydrogens is 234 g/mol. The molecule has 0 amide bonds. The number of ether oxygens (including phenoxy) is 2. The zero-order chi connectivity index (χ0) is 13.1. The van der Waals surface area contributed by atoms with E-state index in [4.69, 9.17) is 10.5 Å². The third-order valence-electron chi connectivity index (χ3n) is 2.99. The Hall–Kier alpha value is -1.69. The van der Waals surface area contributed by atoms with Gasteiger partial charge in [0.2, 0.25) is 0 Å². The minimum Gasteiger partial charge on any atom is -0.465 e. The van der Waals surface area contributed by atoms with Gasteiger partial charge in [-0.25, -0.2) is 14.8 Å². The highest BCUT2D eigenvalue weighted by Crippen LogP contribution is 2.19. The van der Waals surface area contributed by atoms with Gasteiger partial charge in [0, 0.05) is 13.0 Å². The Balaban J connectivity index is 2.21. The van der Waals surface area contributed by atoms with E-state index in [2.05, 4.69) is 14.7 Å². The molecule has 0 saturated carbocycles. The van der Waals surface area contributed by atoms with Crippen LogP contribution in [0.1, 0.15) is 34.7 Å². The first-order valence-electron chi connectivity index (χ1n) is 5.94. The predicted molar refractivity (Wildman–Crippen MR) is 65.2 cm³/mol. The molecule has 0 bridgehead atoms. The number of nitrogens with zero attached hydrogens (tertiary/aromatic N) is 2. The van der Waals surface area contributed by atoms with Crippen LogP contribution in [0.4, 0.5) is 5.82 Å². The van der Waals surface area contributed by atoms with Crippen LogP contribution in [0.25, 0.3) is 0 Å². The predicted octanol–water partition coefficient (Wildman–Crippen LogP) is 0.875. The summed E-state index contributed by atoms with van der Waals surface area (Å²) in [5, 5.41) is 0. The van der Waals surface area contributed by atoms with Gasteiger partial charge in [-0.05, 0) is 19.8 Å². The van der Waals surface area contributed by atoms with Crippen molar-refractivity contribution in [1.29, 1.82) is 0 Å². The van der Waals surface area contributed by atoms with Crippen LogP contribution >= 0.6 is 0 Å². The quantitative estimate of drug-likeness (QED) is 0.802. The standard InChI is InChI=1S/C12H17N3O3/c1-7-10(12(16)17-2)11(13)15-9(14-7)6-8-4-3-5-18-8/h8H,3-6H2,1-2H3,(H2,13,14,15). The van der Waals surface area contributed by atoms with Crippen LogP contribution in [-0.2, 0) is 15.9 Å². The first-order valence-corrected chi connectivity index (χ1v) is 5.94. The molecule has 2 heterocycles. The van der Waals surface area contributed by atoms with Crippen molar-refractivity contribution in [2.45, 2.75) is 32.3 Å². The number of hydrogen-bond donors (Lipinski definition) is 1. The van der Waals surface area contributed by atoms with E-state index in [-0.39, 0.29) is 17.5 Å². The number of aromatic nitrogens is 2. The molecule has 2 N–H and O–H groups in total. The van der Waals surface area contributed by atoms with Crippen molar-refractivity contribution in [2.24, 2.45) is 0 Å². The highest BCUT2D eigenvalue weighted by atomic mass is 16.5. The monoisotopic (exact) mass is 251 g/mol. The Kier molecular flexibility index (Phi) is 3.76. The number of aryl methyl sites for hydroxylation is 1. The molecule has 2 rings (SSSR count). The van der Waals surface area contributed by atoms with Crippen LogP contribution in [0.15, 0.2) is 0 Å². The summed E-state index contributed by atoms with van der Waals surface area (Å²) >= 11 is 0. The summed E-state index contributed by atoms with van der Waals surface area (Å²) < 4.78 is 10.2. The third-order valence-corrected chi connectivity index (χ3v) is 2.99. The fraction of sp³-hybridized carbons (Fsp3) is 0.583. The average Bonchev–Trinajstić information content (AvgIpc) is 2.80. The van der Waals surface area contributed by atoms with Crippen LogP contribution in [0.3, 0.4) is 0 Å². The molecule has 6 heteroatoms. The Morgan fingerprint density at radius 1 is 1.56 bits per heavy atom. The lowest BCUT2D eigenvalue weighted by molar-refractivity contribution is 0.0600. The third kappa shape index (κ3) is 2.59. The summed E-state index contributed by atoms with van der Waals surface area (Å²) in [6.45, 7) is 2.52. The Labute approximate surface area is 106 Å². The van der Waals surface area contributed by atoms with E-state index in [1.165, 1.54) is 7.11 Å². The molecule has 6 nitrogen and oxygen atoms in total. The maximum absolute atomic E-state index is 11.5. The SMILES string of the molecule is COC(=O)c1c(C)nc(CC2CCCO2)nc1N. The second kappa shape index (κ2) is 5.30. The number of methoxy groups -OCH3 is 1. The number of carbonyl (C=O) groups is 1. The second-order valence-electron chi connectivity index (χ2n) is 4.32. The van der Waals surface area contributed by atoms with Gasteiger partial charge in [0.15, 0.2) is 0 Å². The molecule has 0 aliphatic carbocycles. The summed E-state index contributed by atoms with van der Waals surface area (Å²) in [5.41, 5.74) is 6.57. The molecule has 0 aromatic carbocycles. The molecule has 1 fully saturated rings. The van der Waals surface area contributed by atoms with Gasteiger partial charge in [-0.1, -0.05) is 0 Å². The fourth-order valence-electron chi connectivity index (χ4n) is 2.11. The van der Waals surface area contributed by atoms with Gasteiger partial charge >= 0.3 is 5.97 Å². The molecule has 0 spiro atoms. The number of nitrogens with two attached hydrogens (primary N) is 1. The highest BCUT2D eigenvalue weighted by molar-refractivity contribution is 5.95. The molecule has 1 aliphatic rings. The number of rotatable bonds is 3. The summed E-state index contributed by atoms with van der Waals surface area (Å²) in [5.74, 6) is 0.278. The molecular formula is C12H17N3O3. The second-order valence-corrected chi connectivity index (χ2v) is 4.32. The van der Waals surface area contributed by atoms with Gasteiger partial charge in [-0.15, -0.1) is 0 Å². The van der Waals surface area contributed by atoms with Crippen LogP contribution in [0.5, 0.6) is 0 Å². The van der Waals surface area contributed by atoms with Gasteiger partial charge in [-0.2, -0.15) is 0 Å². The first kappa shape index (κ1) is 12.8. The summed E-state index contributed by atoms with van der Waals surface area (Å²) in [7, 11) is 1.31. The number of nitrogen functional groups attached to an aromatic ring is 1. The van der Waals surface area contributed by atoms with E-state index in [0.717, 1.165) is 19.4 Å². The van der Waals surface area contributed by atoms with Crippen LogP contribution in [0, 0.1) is 6.92 Å². The minimum atomic E-state index is -0.506. The van der Waals surface area contributed by atoms with Crippen molar-refractivity contribution in [3.63, 3.8) is 0 Å². The number of hydrogen-bond acceptors (Lipinski definition) is 6. The topological polar surface area (TPSA) is 87.3 Å². The molecule has 1 aliphatic heterocycles. The summed E-state index contributed by atoms with van der Waals surface area (Å²) in [4.78, 5) is 20.0. The smallest absolute Gasteiger partial charge is 0.343 e. The largest absolute Gasteiger partial charge is 0.465 e. The maximum Gasteiger partial charge on any atom is 0.343 e. The molecule has 98 valence electrons. The molecule has 0 radical (unpaired) electrons. The lowest BCUT2D eigenvalue weighted by atomic mass is 10.1. The fourth-order valence-corrected chi connectivity index (χ4v) is 2.11. The highest BCUT2D eigenvalue weighted by Gasteiger charge is 2.21. The lowest BCUT2D eigenvalue weighted by Gasteiger charge is -2.11. The number of carbonyl (C=O) groups excluding carboxylic acids is 1. The van der Waals surface area contributed by atoms with Crippen molar-refractivity contribution in [2.75, 3.05) is 19.5 Å². The lowest BCUT2D eigenvalue weighted by Crippen LogP contribution is -2.17. The molecule has 1 unspecified atom stereocenters. The van der Waals surface area contributed by atoms with E-state index in [9.17, 15) is 4.79 Å². The molecule has 1 saturated heterocycles. The maximum atomic E-state index is 11.5. The van der Waals surface area contributed by atoms with E-state index in [1.807, 2.05) is 0 Å². The average molecular weight is 251 g/mol. The van der Waals surface area contributed by atoms with E-state index in [0.29, 0.717) is 17.9 Å². The number of esters is 1. The minimum absolute atomic E-state index is 0.160. The molecule has 1 aromatic heterocycles. The van der Waals surface area contributed by atoms with Crippen molar-refractivity contribution in [3.8, 4) is 0 Å². The Morgan fingerprint density at radius 2 is 2.33 bits per heavy atom. The van der Waals surface area contributed by atoms with Gasteiger partial charge in [0.05, 0.1) is 18.9 Å². The van der Waals surface area contributed by atoms with Crippen molar-refractivity contribution in [3.05, 3.63) is 17.1 Å². The van der Waals surface area contributed by atoms with E-state index >= 15 is 0 Å². The summed E-state index contributed by atoms with van der Waals surface area (Å²) in [6, 6.07) is 0. The normalized spacial score (nSPS) is 18.9. The van der Waals surface area contributed by atoms with Crippen LogP contribution < -0.4 is 5.73 Å². The molecule has 1 atom stereocenters. The number of anilines is 1. The summed E-state index contributed by atoms with van der Waals surface area (Å²) in [6.07, 6.45) is 2.88. The zero-order valence-corrected chi connectivity index (χ0v) is 10.6. The molecule has 1 aromatic rings. The zero-order valence-electron chi connectivity index (χ0n) is 10.6. The van der Waals surface area contributed by atoms with Crippen molar-refractivity contribution >= 4 is 11.8 Å².